The lowest BCUT2D eigenvalue weighted by molar-refractivity contribution is -0.123. The number of halogens is 2. The number of rotatable bonds is 7. The van der Waals surface area contributed by atoms with E-state index in [2.05, 4.69) is 5.32 Å². The third kappa shape index (κ3) is 4.49. The molecule has 20 heavy (non-hydrogen) atoms. The van der Waals surface area contributed by atoms with E-state index in [1.807, 2.05) is 6.92 Å². The molecule has 0 unspecified atom stereocenters. The maximum absolute atomic E-state index is 13.5. The van der Waals surface area contributed by atoms with Crippen LogP contribution in [0, 0.1) is 11.6 Å². The molecule has 1 rings (SSSR count). The maximum atomic E-state index is 13.5. The molecule has 0 aliphatic carbocycles. The fourth-order valence-corrected chi connectivity index (χ4v) is 1.41. The molecule has 1 aromatic carbocycles. The number of benzene rings is 1. The standard InChI is InChI=1S/C13H15F2NO4/c1-2-3-4-16-11(17)7-20-12-9(14)5-8(13(18)19)6-10(12)15/h5-6H,2-4,7H2,1H3,(H,16,17)(H,18,19). The van der Waals surface area contributed by atoms with Crippen LogP contribution in [0.1, 0.15) is 30.1 Å². The molecule has 2 N–H and O–H groups in total. The van der Waals surface area contributed by atoms with Crippen LogP contribution in [0.15, 0.2) is 12.1 Å². The Balaban J connectivity index is 2.64. The second-order valence-corrected chi connectivity index (χ2v) is 4.07. The van der Waals surface area contributed by atoms with Crippen molar-refractivity contribution in [3.63, 3.8) is 0 Å². The van der Waals surface area contributed by atoms with Gasteiger partial charge in [0, 0.05) is 6.54 Å². The van der Waals surface area contributed by atoms with Gasteiger partial charge in [0.2, 0.25) is 0 Å². The van der Waals surface area contributed by atoms with Gasteiger partial charge in [-0.2, -0.15) is 0 Å². The summed E-state index contributed by atoms with van der Waals surface area (Å²) in [6.45, 7) is 1.88. The summed E-state index contributed by atoms with van der Waals surface area (Å²) in [5.41, 5.74) is -0.528. The Morgan fingerprint density at radius 1 is 1.30 bits per heavy atom. The molecule has 110 valence electrons. The van der Waals surface area contributed by atoms with Crippen LogP contribution >= 0.6 is 0 Å². The van der Waals surface area contributed by atoms with Crippen LogP contribution in [-0.2, 0) is 4.79 Å². The number of amides is 1. The average Bonchev–Trinajstić information content (AvgIpc) is 2.37. The van der Waals surface area contributed by atoms with Gasteiger partial charge >= 0.3 is 5.97 Å². The number of ether oxygens (including phenoxy) is 1. The highest BCUT2D eigenvalue weighted by Gasteiger charge is 2.16. The number of hydrogen-bond acceptors (Lipinski definition) is 3. The summed E-state index contributed by atoms with van der Waals surface area (Å²) < 4.78 is 31.7. The summed E-state index contributed by atoms with van der Waals surface area (Å²) in [5, 5.41) is 11.1. The van der Waals surface area contributed by atoms with Gasteiger partial charge in [0.25, 0.3) is 5.91 Å². The van der Waals surface area contributed by atoms with E-state index in [1.165, 1.54) is 0 Å². The second-order valence-electron chi connectivity index (χ2n) is 4.07. The highest BCUT2D eigenvalue weighted by Crippen LogP contribution is 2.23. The first-order valence-corrected chi connectivity index (χ1v) is 6.07. The summed E-state index contributed by atoms with van der Waals surface area (Å²) in [7, 11) is 0. The van der Waals surface area contributed by atoms with Gasteiger partial charge in [0.15, 0.2) is 24.0 Å². The van der Waals surface area contributed by atoms with Crippen LogP contribution in [-0.4, -0.2) is 30.1 Å². The third-order valence-electron chi connectivity index (χ3n) is 2.45. The van der Waals surface area contributed by atoms with Crippen LogP contribution in [0.2, 0.25) is 0 Å². The van der Waals surface area contributed by atoms with E-state index in [-0.39, 0.29) is 0 Å². The molecule has 0 saturated carbocycles. The Kier molecular flexibility index (Phi) is 5.89. The Morgan fingerprint density at radius 3 is 2.40 bits per heavy atom. The van der Waals surface area contributed by atoms with Crippen molar-refractivity contribution in [2.75, 3.05) is 13.2 Å². The van der Waals surface area contributed by atoms with E-state index in [1.54, 1.807) is 0 Å². The Labute approximate surface area is 114 Å². The Morgan fingerprint density at radius 2 is 1.90 bits per heavy atom. The first-order chi connectivity index (χ1) is 9.45. The van der Waals surface area contributed by atoms with Crippen molar-refractivity contribution in [1.29, 1.82) is 0 Å². The van der Waals surface area contributed by atoms with Crippen LogP contribution in [0.25, 0.3) is 0 Å². The molecule has 5 nitrogen and oxygen atoms in total. The lowest BCUT2D eigenvalue weighted by Gasteiger charge is -2.09. The molecule has 0 fully saturated rings. The molecule has 0 bridgehead atoms. The Hall–Kier alpha value is -2.18. The van der Waals surface area contributed by atoms with Gasteiger partial charge in [-0.15, -0.1) is 0 Å². The van der Waals surface area contributed by atoms with Gasteiger partial charge in [0.1, 0.15) is 0 Å². The summed E-state index contributed by atoms with van der Waals surface area (Å²) >= 11 is 0. The van der Waals surface area contributed by atoms with E-state index in [0.717, 1.165) is 12.8 Å². The fraction of sp³-hybridized carbons (Fsp3) is 0.385. The van der Waals surface area contributed by atoms with Crippen LogP contribution in [0.4, 0.5) is 8.78 Å². The maximum Gasteiger partial charge on any atom is 0.335 e. The van der Waals surface area contributed by atoms with E-state index in [9.17, 15) is 18.4 Å². The van der Waals surface area contributed by atoms with Crippen molar-refractivity contribution >= 4 is 11.9 Å². The molecule has 0 saturated heterocycles. The van der Waals surface area contributed by atoms with Crippen molar-refractivity contribution in [1.82, 2.24) is 5.32 Å². The number of hydrogen-bond donors (Lipinski definition) is 2. The highest BCUT2D eigenvalue weighted by molar-refractivity contribution is 5.87. The number of nitrogens with one attached hydrogen (secondary N) is 1. The lowest BCUT2D eigenvalue weighted by Crippen LogP contribution is -2.29. The van der Waals surface area contributed by atoms with E-state index in [4.69, 9.17) is 9.84 Å². The minimum absolute atomic E-state index is 0.460. The molecule has 0 aliphatic rings. The third-order valence-corrected chi connectivity index (χ3v) is 2.45. The Bertz CT molecular complexity index is 482. The van der Waals surface area contributed by atoms with Gasteiger partial charge < -0.3 is 15.2 Å². The van der Waals surface area contributed by atoms with Crippen molar-refractivity contribution in [3.8, 4) is 5.75 Å². The normalized spacial score (nSPS) is 10.2. The van der Waals surface area contributed by atoms with Crippen LogP contribution in [0.5, 0.6) is 5.75 Å². The summed E-state index contributed by atoms with van der Waals surface area (Å²) in [5.74, 6) is -5.04. The predicted octanol–water partition coefficient (Wildman–Crippen LogP) is 1.96. The van der Waals surface area contributed by atoms with Crippen molar-refractivity contribution in [2.45, 2.75) is 19.8 Å². The van der Waals surface area contributed by atoms with Gasteiger partial charge in [-0.05, 0) is 18.6 Å². The van der Waals surface area contributed by atoms with Crippen LogP contribution in [0.3, 0.4) is 0 Å². The van der Waals surface area contributed by atoms with Crippen molar-refractivity contribution in [2.24, 2.45) is 0 Å². The molecule has 0 spiro atoms. The topological polar surface area (TPSA) is 75.6 Å². The molecule has 0 aromatic heterocycles. The second kappa shape index (κ2) is 7.42. The number of unbranched alkanes of at least 4 members (excludes halogenated alkanes) is 1. The van der Waals surface area contributed by atoms with Gasteiger partial charge in [0.05, 0.1) is 5.56 Å². The summed E-state index contributed by atoms with van der Waals surface area (Å²) in [6.07, 6.45) is 1.70. The SMILES string of the molecule is CCCCNC(=O)COc1c(F)cc(C(=O)O)cc1F. The zero-order valence-corrected chi connectivity index (χ0v) is 10.9. The molecule has 0 atom stereocenters. The average molecular weight is 287 g/mol. The van der Waals surface area contributed by atoms with Gasteiger partial charge in [-0.1, -0.05) is 13.3 Å². The van der Waals surface area contributed by atoms with Crippen molar-refractivity contribution < 1.29 is 28.2 Å². The first-order valence-electron chi connectivity index (χ1n) is 6.07. The molecule has 1 amide bonds. The lowest BCUT2D eigenvalue weighted by atomic mass is 10.2. The minimum atomic E-state index is -1.45. The van der Waals surface area contributed by atoms with Crippen molar-refractivity contribution in [3.05, 3.63) is 29.3 Å². The first kappa shape index (κ1) is 15.9. The molecule has 1 aromatic rings. The fourth-order valence-electron chi connectivity index (χ4n) is 1.41. The number of carbonyl (C=O) groups is 2. The quantitative estimate of drug-likeness (QED) is 0.752. The molecule has 0 radical (unpaired) electrons. The number of carboxylic acids is 1. The molecule has 0 aliphatic heterocycles. The number of carbonyl (C=O) groups excluding carboxylic acids is 1. The smallest absolute Gasteiger partial charge is 0.335 e. The molecular formula is C13H15F2NO4. The highest BCUT2D eigenvalue weighted by atomic mass is 19.1. The number of aromatic carboxylic acids is 1. The van der Waals surface area contributed by atoms with E-state index < -0.39 is 41.4 Å². The summed E-state index contributed by atoms with van der Waals surface area (Å²) in [6, 6.07) is 1.27. The van der Waals surface area contributed by atoms with Crippen LogP contribution < -0.4 is 10.1 Å². The molecule has 7 heteroatoms. The van der Waals surface area contributed by atoms with Gasteiger partial charge in [-0.3, -0.25) is 4.79 Å². The molecular weight excluding hydrogens is 272 g/mol. The molecule has 0 heterocycles. The number of carboxylic acid groups (broad SMARTS) is 1. The van der Waals surface area contributed by atoms with Gasteiger partial charge in [-0.25, -0.2) is 13.6 Å². The van der Waals surface area contributed by atoms with E-state index in [0.29, 0.717) is 18.7 Å². The summed E-state index contributed by atoms with van der Waals surface area (Å²) in [4.78, 5) is 21.9. The minimum Gasteiger partial charge on any atom is -0.478 e. The zero-order chi connectivity index (χ0) is 15.1. The largest absolute Gasteiger partial charge is 0.478 e. The van der Waals surface area contributed by atoms with E-state index >= 15 is 0 Å². The zero-order valence-electron chi connectivity index (χ0n) is 10.9. The monoisotopic (exact) mass is 287 g/mol. The predicted molar refractivity (Wildman–Crippen MR) is 66.7 cm³/mol.